The molecule has 2 saturated heterocycles. The number of nitrogens with zero attached hydrogens (tertiary/aromatic N) is 3. The van der Waals surface area contributed by atoms with Gasteiger partial charge in [0.05, 0.1) is 5.54 Å². The van der Waals surface area contributed by atoms with Gasteiger partial charge >= 0.3 is 0 Å². The zero-order chi connectivity index (χ0) is 21.0. The van der Waals surface area contributed by atoms with Gasteiger partial charge < -0.3 is 27.0 Å². The summed E-state index contributed by atoms with van der Waals surface area (Å²) in [6.07, 6.45) is 6.82. The van der Waals surface area contributed by atoms with Crippen molar-refractivity contribution in [3.63, 3.8) is 0 Å². The lowest BCUT2D eigenvalue weighted by Crippen LogP contribution is -2.53. The van der Waals surface area contributed by atoms with Gasteiger partial charge in [0, 0.05) is 32.1 Å². The van der Waals surface area contributed by atoms with E-state index in [2.05, 4.69) is 27.5 Å². The molecule has 10 heteroatoms. The number of unbranched alkanes of at least 4 members (excludes halogenated alkanes) is 2. The van der Waals surface area contributed by atoms with E-state index in [0.717, 1.165) is 32.1 Å². The molecule has 0 unspecified atom stereocenters. The molecule has 9 nitrogen and oxygen atoms in total. The molecule has 3 rings (SSSR count). The number of nitrogens with two attached hydrogens (primary N) is 2. The molecule has 0 saturated carbocycles. The summed E-state index contributed by atoms with van der Waals surface area (Å²) < 4.78 is 0. The topological polar surface area (TPSA) is 139 Å². The summed E-state index contributed by atoms with van der Waals surface area (Å²) in [5, 5.41) is 6.58. The zero-order valence-corrected chi connectivity index (χ0v) is 17.4. The van der Waals surface area contributed by atoms with Crippen LogP contribution in [0.5, 0.6) is 0 Å². The van der Waals surface area contributed by atoms with Crippen molar-refractivity contribution in [3.8, 4) is 0 Å². The minimum Gasteiger partial charge on any atom is -0.382 e. The van der Waals surface area contributed by atoms with Crippen LogP contribution in [0.2, 0.25) is 5.15 Å². The fourth-order valence-corrected chi connectivity index (χ4v) is 3.84. The molecule has 29 heavy (non-hydrogen) atoms. The molecular formula is C19H28ClN7O2. The van der Waals surface area contributed by atoms with Crippen LogP contribution in [0.15, 0.2) is 11.9 Å². The van der Waals surface area contributed by atoms with Crippen molar-refractivity contribution in [2.24, 2.45) is 0 Å². The lowest BCUT2D eigenvalue weighted by molar-refractivity contribution is -0.132. The second-order valence-corrected chi connectivity index (χ2v) is 8.01. The lowest BCUT2D eigenvalue weighted by Gasteiger charge is -2.39. The highest BCUT2D eigenvalue weighted by atomic mass is 35.5. The molecule has 1 aromatic heterocycles. The number of aromatic nitrogens is 2. The van der Waals surface area contributed by atoms with Crippen LogP contribution >= 0.6 is 11.6 Å². The fraction of sp³-hybridized carbons (Fsp3) is 0.579. The number of allylic oxidation sites excluding steroid dienone is 1. The fourth-order valence-electron chi connectivity index (χ4n) is 3.72. The van der Waals surface area contributed by atoms with Gasteiger partial charge in [0.15, 0.2) is 22.5 Å². The highest BCUT2D eigenvalue weighted by Gasteiger charge is 2.39. The zero-order valence-electron chi connectivity index (χ0n) is 16.6. The second kappa shape index (κ2) is 8.86. The molecule has 1 spiro atoms. The number of hydrogen-bond donors (Lipinski definition) is 4. The van der Waals surface area contributed by atoms with Crippen LogP contribution < -0.4 is 22.1 Å². The molecule has 0 aromatic carbocycles. The van der Waals surface area contributed by atoms with Gasteiger partial charge in [0.2, 0.25) is 11.7 Å². The number of anilines is 2. The predicted octanol–water partition coefficient (Wildman–Crippen LogP) is 1.45. The number of carbonyl (C=O) groups is 2. The van der Waals surface area contributed by atoms with Gasteiger partial charge in [-0.2, -0.15) is 0 Å². The molecule has 0 atom stereocenters. The number of nitrogen functional groups attached to an aromatic ring is 2. The Hall–Kier alpha value is -2.55. The molecule has 1 amide bonds. The number of hydrogen-bond acceptors (Lipinski definition) is 8. The monoisotopic (exact) mass is 421 g/mol. The Kier molecular flexibility index (Phi) is 6.46. The Morgan fingerprint density at radius 2 is 1.93 bits per heavy atom. The third-order valence-electron chi connectivity index (χ3n) is 5.50. The van der Waals surface area contributed by atoms with Crippen molar-refractivity contribution in [1.29, 1.82) is 0 Å². The first-order chi connectivity index (χ1) is 13.8. The molecule has 1 aromatic rings. The molecule has 6 N–H and O–H groups in total. The average Bonchev–Trinajstić information content (AvgIpc) is 3.07. The Morgan fingerprint density at radius 1 is 1.21 bits per heavy atom. The van der Waals surface area contributed by atoms with Gasteiger partial charge in [-0.05, 0) is 19.3 Å². The van der Waals surface area contributed by atoms with E-state index in [9.17, 15) is 9.59 Å². The minimum atomic E-state index is -0.410. The largest absolute Gasteiger partial charge is 0.382 e. The molecule has 3 heterocycles. The number of halogens is 1. The van der Waals surface area contributed by atoms with Gasteiger partial charge in [-0.1, -0.05) is 31.4 Å². The summed E-state index contributed by atoms with van der Waals surface area (Å²) in [5.74, 6) is 0.357. The average molecular weight is 422 g/mol. The lowest BCUT2D eigenvalue weighted by atomic mass is 9.88. The van der Waals surface area contributed by atoms with Crippen LogP contribution in [0.3, 0.4) is 0 Å². The third-order valence-corrected chi connectivity index (χ3v) is 5.78. The van der Waals surface area contributed by atoms with Crippen molar-refractivity contribution in [3.05, 3.63) is 22.7 Å². The van der Waals surface area contributed by atoms with E-state index in [4.69, 9.17) is 23.1 Å². The summed E-state index contributed by atoms with van der Waals surface area (Å²) in [6, 6.07) is 0. The number of rotatable bonds is 6. The maximum Gasteiger partial charge on any atom is 0.222 e. The van der Waals surface area contributed by atoms with Crippen LogP contribution in [-0.4, -0.2) is 51.7 Å². The Labute approximate surface area is 175 Å². The van der Waals surface area contributed by atoms with Gasteiger partial charge in [-0.15, -0.1) is 0 Å². The van der Waals surface area contributed by atoms with Crippen LogP contribution in [-0.2, 0) is 4.79 Å². The third kappa shape index (κ3) is 4.90. The molecule has 2 fully saturated rings. The second-order valence-electron chi connectivity index (χ2n) is 7.65. The van der Waals surface area contributed by atoms with Crippen LogP contribution in [0.4, 0.5) is 11.6 Å². The van der Waals surface area contributed by atoms with Gasteiger partial charge in [-0.3, -0.25) is 9.59 Å². The Balaban J connectivity index is 1.58. The van der Waals surface area contributed by atoms with E-state index in [1.165, 1.54) is 6.08 Å². The number of piperidine rings is 1. The van der Waals surface area contributed by atoms with Gasteiger partial charge in [0.1, 0.15) is 5.82 Å². The molecule has 0 aliphatic carbocycles. The Bertz CT molecular complexity index is 819. The van der Waals surface area contributed by atoms with E-state index >= 15 is 0 Å². The van der Waals surface area contributed by atoms with E-state index < -0.39 is 5.78 Å². The maximum absolute atomic E-state index is 12.5. The van der Waals surface area contributed by atoms with Crippen molar-refractivity contribution in [2.75, 3.05) is 31.1 Å². The van der Waals surface area contributed by atoms with E-state index in [1.807, 2.05) is 4.90 Å². The number of carbonyl (C=O) groups excluding carboxylic acids is 2. The first-order valence-electron chi connectivity index (χ1n) is 9.98. The highest BCUT2D eigenvalue weighted by molar-refractivity contribution is 6.31. The maximum atomic E-state index is 12.5. The standard InChI is InChI=1S/C19H28ClN7O2/c1-2-3-4-5-14(29)27-8-6-19(7-9-27)11-23-13(26-19)10-12(28)15-17(21)25-18(22)16(20)24-15/h10,23,26H,2-9,11H2,1H3,(H4,21,22,25)/b13-10+. The summed E-state index contributed by atoms with van der Waals surface area (Å²) in [4.78, 5) is 34.6. The van der Waals surface area contributed by atoms with Crippen LogP contribution in [0.1, 0.15) is 55.9 Å². The number of amides is 1. The van der Waals surface area contributed by atoms with Crippen molar-refractivity contribution >= 4 is 34.9 Å². The summed E-state index contributed by atoms with van der Waals surface area (Å²) in [6.45, 7) is 4.25. The van der Waals surface area contributed by atoms with Crippen molar-refractivity contribution in [1.82, 2.24) is 25.5 Å². The van der Waals surface area contributed by atoms with Gasteiger partial charge in [0.25, 0.3) is 0 Å². The van der Waals surface area contributed by atoms with Crippen LogP contribution in [0, 0.1) is 0 Å². The summed E-state index contributed by atoms with van der Waals surface area (Å²) in [7, 11) is 0. The highest BCUT2D eigenvalue weighted by Crippen LogP contribution is 2.27. The number of ketones is 1. The first kappa shape index (κ1) is 21.2. The normalized spacial score (nSPS) is 19.2. The summed E-state index contributed by atoms with van der Waals surface area (Å²) >= 11 is 5.85. The number of likely N-dealkylation sites (tertiary alicyclic amines) is 1. The quantitative estimate of drug-likeness (QED) is 0.307. The molecule has 2 aliphatic heterocycles. The van der Waals surface area contributed by atoms with Crippen molar-refractivity contribution in [2.45, 2.75) is 51.0 Å². The van der Waals surface area contributed by atoms with E-state index in [-0.39, 0.29) is 33.9 Å². The SMILES string of the molecule is CCCCCC(=O)N1CCC2(CC1)CN/C(=C\C(=O)c1nc(Cl)c(N)nc1N)N2. The molecule has 0 bridgehead atoms. The minimum absolute atomic E-state index is 0.0135. The smallest absolute Gasteiger partial charge is 0.222 e. The first-order valence-corrected chi connectivity index (χ1v) is 10.4. The summed E-state index contributed by atoms with van der Waals surface area (Å²) in [5.41, 5.74) is 11.1. The Morgan fingerprint density at radius 3 is 2.62 bits per heavy atom. The predicted molar refractivity (Wildman–Crippen MR) is 112 cm³/mol. The van der Waals surface area contributed by atoms with Crippen molar-refractivity contribution < 1.29 is 9.59 Å². The molecule has 158 valence electrons. The van der Waals surface area contributed by atoms with E-state index in [0.29, 0.717) is 31.9 Å². The van der Waals surface area contributed by atoms with Crippen LogP contribution in [0.25, 0.3) is 0 Å². The molecular weight excluding hydrogens is 394 g/mol. The van der Waals surface area contributed by atoms with E-state index in [1.54, 1.807) is 0 Å². The number of nitrogens with one attached hydrogen (secondary N) is 2. The van der Waals surface area contributed by atoms with Gasteiger partial charge in [-0.25, -0.2) is 9.97 Å². The molecule has 2 aliphatic rings. The molecule has 0 radical (unpaired) electrons.